The number of fused-ring (bicyclic) bond motifs is 1. The van der Waals surface area contributed by atoms with Gasteiger partial charge >= 0.3 is 0 Å². The van der Waals surface area contributed by atoms with E-state index in [0.29, 0.717) is 5.41 Å². The molecule has 0 spiro atoms. The molecule has 19 heavy (non-hydrogen) atoms. The van der Waals surface area contributed by atoms with Crippen LogP contribution >= 0.6 is 0 Å². The Kier molecular flexibility index (Phi) is 2.72. The summed E-state index contributed by atoms with van der Waals surface area (Å²) in [6, 6.07) is 8.41. The Morgan fingerprint density at radius 3 is 2.68 bits per heavy atom. The fourth-order valence-corrected chi connectivity index (χ4v) is 3.62. The molecule has 1 unspecified atom stereocenters. The van der Waals surface area contributed by atoms with Gasteiger partial charge in [0.2, 0.25) is 0 Å². The lowest BCUT2D eigenvalue weighted by atomic mass is 9.85. The highest BCUT2D eigenvalue weighted by Crippen LogP contribution is 2.43. The van der Waals surface area contributed by atoms with Gasteiger partial charge in [-0.15, -0.1) is 0 Å². The van der Waals surface area contributed by atoms with Crippen molar-refractivity contribution < 1.29 is 0 Å². The van der Waals surface area contributed by atoms with E-state index in [1.807, 2.05) is 11.7 Å². The molecule has 1 fully saturated rings. The zero-order valence-electron chi connectivity index (χ0n) is 12.1. The van der Waals surface area contributed by atoms with E-state index in [-0.39, 0.29) is 5.54 Å². The number of rotatable bonds is 2. The molecule has 102 valence electrons. The normalized spacial score (nSPS) is 26.1. The number of aromatic nitrogens is 2. The van der Waals surface area contributed by atoms with E-state index in [2.05, 4.69) is 43.2 Å². The first-order valence-electron chi connectivity index (χ1n) is 7.08. The maximum Gasteiger partial charge on any atom is 0.0721 e. The molecule has 1 aromatic heterocycles. The van der Waals surface area contributed by atoms with Gasteiger partial charge in [0, 0.05) is 24.4 Å². The lowest BCUT2D eigenvalue weighted by Gasteiger charge is -2.25. The summed E-state index contributed by atoms with van der Waals surface area (Å²) < 4.78 is 1.97. The second-order valence-corrected chi connectivity index (χ2v) is 6.97. The second kappa shape index (κ2) is 4.07. The van der Waals surface area contributed by atoms with Crippen LogP contribution in [-0.2, 0) is 13.5 Å². The van der Waals surface area contributed by atoms with Crippen molar-refractivity contribution in [2.45, 2.75) is 45.1 Å². The topological polar surface area (TPSA) is 43.8 Å². The van der Waals surface area contributed by atoms with Crippen molar-refractivity contribution in [1.82, 2.24) is 9.78 Å². The summed E-state index contributed by atoms with van der Waals surface area (Å²) >= 11 is 0. The molecular formula is C16H23N3. The van der Waals surface area contributed by atoms with Crippen molar-refractivity contribution in [1.29, 1.82) is 0 Å². The Balaban J connectivity index is 1.94. The zero-order valence-corrected chi connectivity index (χ0v) is 12.1. The number of hydrogen-bond donors (Lipinski definition) is 1. The van der Waals surface area contributed by atoms with Gasteiger partial charge in [-0.2, -0.15) is 5.10 Å². The van der Waals surface area contributed by atoms with Gasteiger partial charge in [-0.3, -0.25) is 4.68 Å². The second-order valence-electron chi connectivity index (χ2n) is 6.97. The highest BCUT2D eigenvalue weighted by atomic mass is 15.3. The molecule has 1 atom stereocenters. The Morgan fingerprint density at radius 1 is 1.26 bits per heavy atom. The van der Waals surface area contributed by atoms with Crippen LogP contribution in [-0.4, -0.2) is 15.3 Å². The number of para-hydroxylation sites is 1. The third-order valence-electron chi connectivity index (χ3n) is 4.48. The predicted octanol–water partition coefficient (Wildman–Crippen LogP) is 3.02. The van der Waals surface area contributed by atoms with E-state index >= 15 is 0 Å². The van der Waals surface area contributed by atoms with E-state index in [0.717, 1.165) is 25.0 Å². The van der Waals surface area contributed by atoms with Gasteiger partial charge in [-0.05, 0) is 30.7 Å². The minimum absolute atomic E-state index is 0.0827. The van der Waals surface area contributed by atoms with Crippen LogP contribution in [0, 0.1) is 5.41 Å². The number of nitrogens with zero attached hydrogens (tertiary/aromatic N) is 2. The van der Waals surface area contributed by atoms with Crippen LogP contribution in [0.3, 0.4) is 0 Å². The van der Waals surface area contributed by atoms with Crippen molar-refractivity contribution in [3.63, 3.8) is 0 Å². The van der Waals surface area contributed by atoms with Crippen LogP contribution in [0.2, 0.25) is 0 Å². The van der Waals surface area contributed by atoms with Crippen LogP contribution in [0.15, 0.2) is 24.3 Å². The Hall–Kier alpha value is -1.35. The van der Waals surface area contributed by atoms with Crippen LogP contribution in [0.1, 0.15) is 38.8 Å². The summed E-state index contributed by atoms with van der Waals surface area (Å²) in [5, 5.41) is 5.93. The summed E-state index contributed by atoms with van der Waals surface area (Å²) in [6.45, 7) is 4.64. The largest absolute Gasteiger partial charge is 0.325 e. The maximum atomic E-state index is 6.62. The van der Waals surface area contributed by atoms with E-state index in [1.54, 1.807) is 0 Å². The third kappa shape index (κ3) is 2.27. The summed E-state index contributed by atoms with van der Waals surface area (Å²) in [6.07, 6.45) is 4.29. The SMILES string of the molecule is Cn1nc(CC2(N)CCC(C)(C)C2)c2ccccc21. The van der Waals surface area contributed by atoms with Crippen LogP contribution in [0.5, 0.6) is 0 Å². The molecule has 0 radical (unpaired) electrons. The first-order valence-corrected chi connectivity index (χ1v) is 7.08. The lowest BCUT2D eigenvalue weighted by Crippen LogP contribution is -2.40. The fourth-order valence-electron chi connectivity index (χ4n) is 3.62. The van der Waals surface area contributed by atoms with Crippen molar-refractivity contribution in [3.05, 3.63) is 30.0 Å². The minimum Gasteiger partial charge on any atom is -0.325 e. The Labute approximate surface area is 114 Å². The molecule has 0 aliphatic heterocycles. The van der Waals surface area contributed by atoms with Gasteiger partial charge < -0.3 is 5.73 Å². The summed E-state index contributed by atoms with van der Waals surface area (Å²) in [7, 11) is 2.01. The molecule has 1 aliphatic rings. The van der Waals surface area contributed by atoms with Crippen LogP contribution in [0.25, 0.3) is 10.9 Å². The van der Waals surface area contributed by atoms with Gasteiger partial charge in [0.25, 0.3) is 0 Å². The van der Waals surface area contributed by atoms with E-state index in [4.69, 9.17) is 5.73 Å². The number of benzene rings is 1. The Bertz CT molecular complexity index is 611. The standard InChI is InChI=1S/C16H23N3/c1-15(2)8-9-16(17,11-15)10-13-12-6-4-5-7-14(12)19(3)18-13/h4-7H,8-11,17H2,1-3H3. The molecular weight excluding hydrogens is 234 g/mol. The van der Waals surface area contributed by atoms with E-state index in [1.165, 1.54) is 17.3 Å². The Morgan fingerprint density at radius 2 is 2.00 bits per heavy atom. The minimum atomic E-state index is -0.0827. The van der Waals surface area contributed by atoms with E-state index < -0.39 is 0 Å². The monoisotopic (exact) mass is 257 g/mol. The first-order chi connectivity index (χ1) is 8.89. The van der Waals surface area contributed by atoms with Crippen molar-refractivity contribution in [3.8, 4) is 0 Å². The van der Waals surface area contributed by atoms with Gasteiger partial charge in [-0.1, -0.05) is 32.0 Å². The number of hydrogen-bond acceptors (Lipinski definition) is 2. The summed E-state index contributed by atoms with van der Waals surface area (Å²) in [5.74, 6) is 0. The molecule has 1 aliphatic carbocycles. The molecule has 0 bridgehead atoms. The molecule has 2 N–H and O–H groups in total. The molecule has 3 nitrogen and oxygen atoms in total. The highest BCUT2D eigenvalue weighted by molar-refractivity contribution is 5.82. The van der Waals surface area contributed by atoms with Crippen molar-refractivity contribution >= 4 is 10.9 Å². The lowest BCUT2D eigenvalue weighted by molar-refractivity contribution is 0.333. The maximum absolute atomic E-state index is 6.62. The molecule has 1 heterocycles. The molecule has 3 rings (SSSR count). The summed E-state index contributed by atoms with van der Waals surface area (Å²) in [5.41, 5.74) is 9.25. The van der Waals surface area contributed by atoms with Crippen molar-refractivity contribution in [2.75, 3.05) is 0 Å². The number of aryl methyl sites for hydroxylation is 1. The predicted molar refractivity (Wildman–Crippen MR) is 79.0 cm³/mol. The van der Waals surface area contributed by atoms with Gasteiger partial charge in [0.1, 0.15) is 0 Å². The molecule has 1 aromatic carbocycles. The van der Waals surface area contributed by atoms with Crippen LogP contribution in [0.4, 0.5) is 0 Å². The van der Waals surface area contributed by atoms with Crippen LogP contribution < -0.4 is 5.73 Å². The average molecular weight is 257 g/mol. The van der Waals surface area contributed by atoms with Gasteiger partial charge in [0.05, 0.1) is 11.2 Å². The first kappa shape index (κ1) is 12.7. The highest BCUT2D eigenvalue weighted by Gasteiger charge is 2.40. The fraction of sp³-hybridized carbons (Fsp3) is 0.562. The smallest absolute Gasteiger partial charge is 0.0721 e. The zero-order chi connectivity index (χ0) is 13.7. The van der Waals surface area contributed by atoms with Crippen molar-refractivity contribution in [2.24, 2.45) is 18.2 Å². The third-order valence-corrected chi connectivity index (χ3v) is 4.48. The number of nitrogens with two attached hydrogens (primary N) is 1. The molecule has 0 saturated heterocycles. The average Bonchev–Trinajstić information content (AvgIpc) is 2.78. The quantitative estimate of drug-likeness (QED) is 0.898. The molecule has 0 amide bonds. The van der Waals surface area contributed by atoms with E-state index in [9.17, 15) is 0 Å². The molecule has 1 saturated carbocycles. The molecule has 3 heteroatoms. The summed E-state index contributed by atoms with van der Waals surface area (Å²) in [4.78, 5) is 0. The molecule has 2 aromatic rings. The van der Waals surface area contributed by atoms with Gasteiger partial charge in [0.15, 0.2) is 0 Å². The van der Waals surface area contributed by atoms with Gasteiger partial charge in [-0.25, -0.2) is 0 Å².